The highest BCUT2D eigenvalue weighted by molar-refractivity contribution is 9.10. The first-order chi connectivity index (χ1) is 12.6. The highest BCUT2D eigenvalue weighted by Gasteiger charge is 2.10. The lowest BCUT2D eigenvalue weighted by molar-refractivity contribution is 0.281. The molecule has 134 valence electrons. The zero-order valence-electron chi connectivity index (χ0n) is 14.4. The minimum atomic E-state index is -0.146. The number of benzene rings is 1. The molecule has 0 fully saturated rings. The van der Waals surface area contributed by atoms with E-state index < -0.39 is 0 Å². The quantitative estimate of drug-likeness (QED) is 0.547. The molecule has 1 atom stereocenters. The molecule has 7 heteroatoms. The molecule has 0 saturated carbocycles. The third-order valence-electron chi connectivity index (χ3n) is 3.67. The molecule has 0 aliphatic heterocycles. The van der Waals surface area contributed by atoms with Crippen LogP contribution in [-0.2, 0) is 6.54 Å². The largest absolute Gasteiger partial charge is 0.394 e. The molecule has 0 spiro atoms. The van der Waals surface area contributed by atoms with Gasteiger partial charge in [-0.2, -0.15) is 4.98 Å². The van der Waals surface area contributed by atoms with E-state index in [1.165, 1.54) is 0 Å². The molecule has 2 heterocycles. The van der Waals surface area contributed by atoms with Gasteiger partial charge in [0.25, 0.3) is 0 Å². The van der Waals surface area contributed by atoms with E-state index in [0.717, 1.165) is 15.7 Å². The van der Waals surface area contributed by atoms with Crippen molar-refractivity contribution in [3.8, 4) is 11.4 Å². The van der Waals surface area contributed by atoms with Crippen molar-refractivity contribution < 1.29 is 5.11 Å². The summed E-state index contributed by atoms with van der Waals surface area (Å²) in [4.78, 5) is 13.4. The van der Waals surface area contributed by atoms with Crippen LogP contribution in [0.1, 0.15) is 12.5 Å². The fourth-order valence-corrected chi connectivity index (χ4v) is 2.80. The SMILES string of the molecule is C[C@H](CO)Nc1nc(NCc2cccc(Br)c2)cc(-c2ccccn2)n1. The van der Waals surface area contributed by atoms with Gasteiger partial charge in [0.05, 0.1) is 18.0 Å². The van der Waals surface area contributed by atoms with E-state index in [1.54, 1.807) is 6.20 Å². The fraction of sp³-hybridized carbons (Fsp3) is 0.211. The van der Waals surface area contributed by atoms with E-state index in [0.29, 0.717) is 24.0 Å². The van der Waals surface area contributed by atoms with Crippen molar-refractivity contribution in [2.24, 2.45) is 0 Å². The highest BCUT2D eigenvalue weighted by Crippen LogP contribution is 2.21. The van der Waals surface area contributed by atoms with Crippen molar-refractivity contribution in [2.45, 2.75) is 19.5 Å². The topological polar surface area (TPSA) is 83.0 Å². The number of nitrogens with one attached hydrogen (secondary N) is 2. The first kappa shape index (κ1) is 18.3. The summed E-state index contributed by atoms with van der Waals surface area (Å²) in [6.45, 7) is 2.50. The maximum Gasteiger partial charge on any atom is 0.225 e. The van der Waals surface area contributed by atoms with Gasteiger partial charge in [-0.25, -0.2) is 4.98 Å². The maximum atomic E-state index is 9.28. The second kappa shape index (κ2) is 8.73. The monoisotopic (exact) mass is 413 g/mol. The molecule has 0 amide bonds. The Balaban J connectivity index is 1.86. The van der Waals surface area contributed by atoms with Crippen LogP contribution in [0.3, 0.4) is 0 Å². The normalized spacial score (nSPS) is 11.8. The maximum absolute atomic E-state index is 9.28. The Morgan fingerprint density at radius 3 is 2.69 bits per heavy atom. The number of pyridine rings is 1. The van der Waals surface area contributed by atoms with E-state index in [1.807, 2.05) is 49.4 Å². The molecule has 6 nitrogen and oxygen atoms in total. The Morgan fingerprint density at radius 2 is 1.96 bits per heavy atom. The van der Waals surface area contributed by atoms with Crippen molar-refractivity contribution in [3.63, 3.8) is 0 Å². The van der Waals surface area contributed by atoms with Crippen LogP contribution >= 0.6 is 15.9 Å². The molecule has 2 aromatic heterocycles. The Bertz CT molecular complexity index is 860. The summed E-state index contributed by atoms with van der Waals surface area (Å²) < 4.78 is 1.03. The number of aliphatic hydroxyl groups excluding tert-OH is 1. The third kappa shape index (κ3) is 5.00. The van der Waals surface area contributed by atoms with Crippen molar-refractivity contribution in [2.75, 3.05) is 17.2 Å². The Kier molecular flexibility index (Phi) is 6.14. The molecule has 0 radical (unpaired) electrons. The van der Waals surface area contributed by atoms with Crippen molar-refractivity contribution in [3.05, 3.63) is 64.8 Å². The van der Waals surface area contributed by atoms with Crippen molar-refractivity contribution >= 4 is 27.7 Å². The third-order valence-corrected chi connectivity index (χ3v) is 4.16. The zero-order chi connectivity index (χ0) is 18.4. The van der Waals surface area contributed by atoms with Gasteiger partial charge in [0.2, 0.25) is 5.95 Å². The van der Waals surface area contributed by atoms with Gasteiger partial charge in [0.15, 0.2) is 0 Å². The number of nitrogens with zero attached hydrogens (tertiary/aromatic N) is 3. The van der Waals surface area contributed by atoms with E-state index in [-0.39, 0.29) is 12.6 Å². The minimum absolute atomic E-state index is 0.00201. The van der Waals surface area contributed by atoms with E-state index in [4.69, 9.17) is 0 Å². The van der Waals surface area contributed by atoms with Crippen LogP contribution in [0.25, 0.3) is 11.4 Å². The molecule has 0 saturated heterocycles. The van der Waals surface area contributed by atoms with Gasteiger partial charge >= 0.3 is 0 Å². The van der Waals surface area contributed by atoms with Crippen LogP contribution in [0.5, 0.6) is 0 Å². The van der Waals surface area contributed by atoms with Crippen molar-refractivity contribution in [1.82, 2.24) is 15.0 Å². The van der Waals surface area contributed by atoms with Gasteiger partial charge in [-0.1, -0.05) is 34.1 Å². The Hall–Kier alpha value is -2.51. The second-order valence-electron chi connectivity index (χ2n) is 5.89. The lowest BCUT2D eigenvalue weighted by Gasteiger charge is -2.14. The molecule has 0 unspecified atom stereocenters. The van der Waals surface area contributed by atoms with E-state index >= 15 is 0 Å². The van der Waals surface area contributed by atoms with Gasteiger partial charge < -0.3 is 15.7 Å². The van der Waals surface area contributed by atoms with Crippen LogP contribution in [0, 0.1) is 0 Å². The average molecular weight is 414 g/mol. The van der Waals surface area contributed by atoms with Gasteiger partial charge in [-0.05, 0) is 36.8 Å². The lowest BCUT2D eigenvalue weighted by atomic mass is 10.2. The Morgan fingerprint density at radius 1 is 1.08 bits per heavy atom. The molecule has 3 N–H and O–H groups in total. The number of hydrogen-bond donors (Lipinski definition) is 3. The molecule has 0 bridgehead atoms. The zero-order valence-corrected chi connectivity index (χ0v) is 15.9. The molecule has 26 heavy (non-hydrogen) atoms. The number of halogens is 1. The van der Waals surface area contributed by atoms with Gasteiger partial charge in [-0.3, -0.25) is 4.98 Å². The standard InChI is InChI=1S/C19H20BrN5O/c1-13(12-26)23-19-24-17(16-7-2-3-8-21-16)10-18(25-19)22-11-14-5-4-6-15(20)9-14/h2-10,13,26H,11-12H2,1H3,(H2,22,23,24,25)/t13-/m1/s1. The second-order valence-corrected chi connectivity index (χ2v) is 6.80. The molecule has 0 aliphatic carbocycles. The highest BCUT2D eigenvalue weighted by atomic mass is 79.9. The predicted octanol–water partition coefficient (Wildman–Crippen LogP) is 3.71. The summed E-state index contributed by atoms with van der Waals surface area (Å²) >= 11 is 3.48. The fourth-order valence-electron chi connectivity index (χ4n) is 2.35. The smallest absolute Gasteiger partial charge is 0.225 e. The summed E-state index contributed by atoms with van der Waals surface area (Å²) in [5, 5.41) is 15.7. The minimum Gasteiger partial charge on any atom is -0.394 e. The van der Waals surface area contributed by atoms with E-state index in [9.17, 15) is 5.11 Å². The summed E-state index contributed by atoms with van der Waals surface area (Å²) in [7, 11) is 0. The van der Waals surface area contributed by atoms with Crippen molar-refractivity contribution in [1.29, 1.82) is 0 Å². The molecular formula is C19H20BrN5O. The molecule has 0 aliphatic rings. The predicted molar refractivity (Wildman–Crippen MR) is 107 cm³/mol. The van der Waals surface area contributed by atoms with Gasteiger partial charge in [0.1, 0.15) is 5.82 Å². The van der Waals surface area contributed by atoms with Crippen LogP contribution in [-0.4, -0.2) is 32.7 Å². The first-order valence-electron chi connectivity index (χ1n) is 8.30. The van der Waals surface area contributed by atoms with Crippen LogP contribution in [0.2, 0.25) is 0 Å². The van der Waals surface area contributed by atoms with Gasteiger partial charge in [0, 0.05) is 29.3 Å². The molecule has 1 aromatic carbocycles. The summed E-state index contributed by atoms with van der Waals surface area (Å²) in [6, 6.07) is 15.5. The van der Waals surface area contributed by atoms with Gasteiger partial charge in [-0.15, -0.1) is 0 Å². The summed E-state index contributed by atoms with van der Waals surface area (Å²) in [5.41, 5.74) is 2.61. The molecular weight excluding hydrogens is 394 g/mol. The molecule has 3 aromatic rings. The summed E-state index contributed by atoms with van der Waals surface area (Å²) in [6.07, 6.45) is 1.73. The van der Waals surface area contributed by atoms with E-state index in [2.05, 4.69) is 47.6 Å². The Labute approximate surface area is 160 Å². The lowest BCUT2D eigenvalue weighted by Crippen LogP contribution is -2.21. The number of hydrogen-bond acceptors (Lipinski definition) is 6. The first-order valence-corrected chi connectivity index (χ1v) is 9.09. The summed E-state index contributed by atoms with van der Waals surface area (Å²) in [5.74, 6) is 1.14. The number of rotatable bonds is 7. The number of aliphatic hydroxyl groups is 1. The number of anilines is 2. The molecule has 3 rings (SSSR count). The average Bonchev–Trinajstić information content (AvgIpc) is 2.67. The number of aromatic nitrogens is 3. The van der Waals surface area contributed by atoms with Crippen LogP contribution in [0.4, 0.5) is 11.8 Å². The van der Waals surface area contributed by atoms with Crippen LogP contribution in [0.15, 0.2) is 59.2 Å². The van der Waals surface area contributed by atoms with Crippen LogP contribution < -0.4 is 10.6 Å².